The lowest BCUT2D eigenvalue weighted by Gasteiger charge is -2.35. The topological polar surface area (TPSA) is 78.2 Å². The van der Waals surface area contributed by atoms with Crippen molar-refractivity contribution in [2.45, 2.75) is 31.7 Å². The zero-order valence-corrected chi connectivity index (χ0v) is 23.4. The summed E-state index contributed by atoms with van der Waals surface area (Å²) in [6, 6.07) is 9.99. The minimum atomic E-state index is -0.0888. The van der Waals surface area contributed by atoms with Crippen molar-refractivity contribution < 1.29 is 9.53 Å². The number of ether oxygens (including phenoxy) is 1. The van der Waals surface area contributed by atoms with Crippen LogP contribution in [0.2, 0.25) is 0 Å². The summed E-state index contributed by atoms with van der Waals surface area (Å²) in [5.74, 6) is 2.08. The highest BCUT2D eigenvalue weighted by Gasteiger charge is 2.33. The first-order chi connectivity index (χ1) is 18.1. The van der Waals surface area contributed by atoms with E-state index in [1.165, 1.54) is 18.4 Å². The molecule has 6 rings (SSSR count). The summed E-state index contributed by atoms with van der Waals surface area (Å²) in [5.41, 5.74) is 3.25. The molecule has 11 heteroatoms. The van der Waals surface area contributed by atoms with Gasteiger partial charge in [0.25, 0.3) is 5.91 Å². The number of hydrogen-bond acceptors (Lipinski definition) is 8. The summed E-state index contributed by atoms with van der Waals surface area (Å²) in [6.45, 7) is 5.87. The van der Waals surface area contributed by atoms with Crippen LogP contribution in [-0.4, -0.2) is 77.6 Å². The first-order valence-corrected chi connectivity index (χ1v) is 15.0. The van der Waals surface area contributed by atoms with Crippen LogP contribution >= 0.6 is 27.9 Å². The number of benzene rings is 1. The molecule has 0 radical (unpaired) electrons. The van der Waals surface area contributed by atoms with Gasteiger partial charge in [-0.25, -0.2) is 4.98 Å². The Hall–Kier alpha value is -2.50. The molecule has 0 spiro atoms. The number of piperidine rings is 1. The van der Waals surface area contributed by atoms with Crippen molar-refractivity contribution in [1.82, 2.24) is 19.5 Å². The molecule has 0 bridgehead atoms. The fourth-order valence-electron chi connectivity index (χ4n) is 5.38. The van der Waals surface area contributed by atoms with Gasteiger partial charge < -0.3 is 24.2 Å². The molecule has 3 aromatic rings. The van der Waals surface area contributed by atoms with Crippen LogP contribution in [0.4, 0.5) is 17.3 Å². The Labute approximate surface area is 229 Å². The number of likely N-dealkylation sites (tertiary alicyclic amines) is 1. The lowest BCUT2D eigenvalue weighted by molar-refractivity contribution is 0.0606. The summed E-state index contributed by atoms with van der Waals surface area (Å²) in [4.78, 5) is 25.6. The number of fused-ring (bicyclic) bond motifs is 1. The van der Waals surface area contributed by atoms with Gasteiger partial charge in [-0.15, -0.1) is 0 Å². The predicted octanol–water partition coefficient (Wildman–Crippen LogP) is 4.60. The number of halogens is 1. The van der Waals surface area contributed by atoms with Gasteiger partial charge in [0, 0.05) is 55.6 Å². The van der Waals surface area contributed by atoms with Gasteiger partial charge >= 0.3 is 0 Å². The van der Waals surface area contributed by atoms with Crippen LogP contribution in [0.1, 0.15) is 47.8 Å². The highest BCUT2D eigenvalue weighted by Crippen LogP contribution is 2.35. The van der Waals surface area contributed by atoms with E-state index in [0.29, 0.717) is 25.3 Å². The summed E-state index contributed by atoms with van der Waals surface area (Å²) >= 11 is 5.04. The van der Waals surface area contributed by atoms with Crippen molar-refractivity contribution in [2.75, 3.05) is 66.7 Å². The monoisotopic (exact) mass is 585 g/mol. The number of carbonyl (C=O) groups is 1. The van der Waals surface area contributed by atoms with E-state index in [9.17, 15) is 4.79 Å². The van der Waals surface area contributed by atoms with Crippen molar-refractivity contribution in [3.05, 3.63) is 46.1 Å². The highest BCUT2D eigenvalue weighted by atomic mass is 79.9. The van der Waals surface area contributed by atoms with Gasteiger partial charge in [-0.05, 0) is 43.9 Å². The first kappa shape index (κ1) is 24.8. The third kappa shape index (κ3) is 4.88. The minimum absolute atomic E-state index is 0.0298. The number of hydrogen-bond donors (Lipinski definition) is 1. The average molecular weight is 587 g/mol. The maximum absolute atomic E-state index is 13.9. The molecule has 1 amide bonds. The number of amides is 1. The van der Waals surface area contributed by atoms with Crippen molar-refractivity contribution in [3.63, 3.8) is 0 Å². The van der Waals surface area contributed by atoms with E-state index >= 15 is 0 Å². The van der Waals surface area contributed by atoms with Crippen molar-refractivity contribution in [2.24, 2.45) is 0 Å². The van der Waals surface area contributed by atoms with E-state index in [2.05, 4.69) is 42.6 Å². The fourth-order valence-corrected chi connectivity index (χ4v) is 6.14. The fraction of sp³-hybridized carbons (Fsp3) is 0.500. The standard InChI is InChI=1S/C26H32BrN7O2S/c1-37-30-20-7-6-18(27)15-19(20)26(35)33-10-3-2-5-22(33)21-16-24-28-23(31-8-4-9-31)17-25(34(24)29-21)32-11-13-36-14-12-32/h6-7,15-17,22,30H,2-5,8-14H2,1H3. The van der Waals surface area contributed by atoms with Gasteiger partial charge in [-0.1, -0.05) is 27.9 Å². The Kier molecular flexibility index (Phi) is 7.18. The van der Waals surface area contributed by atoms with Crippen LogP contribution in [0.25, 0.3) is 5.65 Å². The van der Waals surface area contributed by atoms with Crippen LogP contribution in [0.15, 0.2) is 34.8 Å². The molecule has 9 nitrogen and oxygen atoms in total. The van der Waals surface area contributed by atoms with Crippen LogP contribution in [-0.2, 0) is 4.74 Å². The Morgan fingerprint density at radius 3 is 2.65 bits per heavy atom. The minimum Gasteiger partial charge on any atom is -0.378 e. The molecule has 196 valence electrons. The predicted molar refractivity (Wildman–Crippen MR) is 152 cm³/mol. The molecular formula is C26H32BrN7O2S. The van der Waals surface area contributed by atoms with Crippen molar-refractivity contribution >= 4 is 56.8 Å². The Morgan fingerprint density at radius 2 is 1.89 bits per heavy atom. The molecule has 1 atom stereocenters. The second-order valence-electron chi connectivity index (χ2n) is 9.76. The molecule has 2 aromatic heterocycles. The summed E-state index contributed by atoms with van der Waals surface area (Å²) in [6.07, 6.45) is 6.11. The molecule has 3 aliphatic rings. The quantitative estimate of drug-likeness (QED) is 0.421. The van der Waals surface area contributed by atoms with Gasteiger partial charge in [0.05, 0.1) is 36.2 Å². The van der Waals surface area contributed by atoms with Crippen LogP contribution in [0, 0.1) is 0 Å². The van der Waals surface area contributed by atoms with Gasteiger partial charge in [-0.3, -0.25) is 4.79 Å². The molecule has 5 heterocycles. The second-order valence-corrected chi connectivity index (χ2v) is 11.3. The van der Waals surface area contributed by atoms with Gasteiger partial charge in [0.1, 0.15) is 11.6 Å². The Morgan fingerprint density at radius 1 is 1.05 bits per heavy atom. The third-order valence-corrected chi connectivity index (χ3v) is 8.38. The zero-order chi connectivity index (χ0) is 25.4. The molecule has 3 fully saturated rings. The second kappa shape index (κ2) is 10.7. The average Bonchev–Trinajstić information content (AvgIpc) is 3.33. The molecule has 1 unspecified atom stereocenters. The van der Waals surface area contributed by atoms with Gasteiger partial charge in [0.2, 0.25) is 0 Å². The summed E-state index contributed by atoms with van der Waals surface area (Å²) in [7, 11) is 0. The van der Waals surface area contributed by atoms with E-state index in [4.69, 9.17) is 14.8 Å². The van der Waals surface area contributed by atoms with E-state index in [-0.39, 0.29) is 11.9 Å². The number of morpholine rings is 1. The Bertz CT molecular complexity index is 1290. The maximum atomic E-state index is 13.9. The zero-order valence-electron chi connectivity index (χ0n) is 21.0. The first-order valence-electron chi connectivity index (χ1n) is 13.0. The molecule has 37 heavy (non-hydrogen) atoms. The number of nitrogens with one attached hydrogen (secondary N) is 1. The summed E-state index contributed by atoms with van der Waals surface area (Å²) in [5, 5.41) is 5.09. The number of aromatic nitrogens is 3. The molecular weight excluding hydrogens is 554 g/mol. The Balaban J connectivity index is 1.38. The van der Waals surface area contributed by atoms with E-state index in [0.717, 1.165) is 78.6 Å². The molecule has 3 saturated heterocycles. The number of anilines is 3. The number of nitrogens with zero attached hydrogens (tertiary/aromatic N) is 6. The van der Waals surface area contributed by atoms with Gasteiger partial charge in [0.15, 0.2) is 5.65 Å². The van der Waals surface area contributed by atoms with E-state index in [1.807, 2.05) is 33.9 Å². The summed E-state index contributed by atoms with van der Waals surface area (Å²) < 4.78 is 11.7. The maximum Gasteiger partial charge on any atom is 0.256 e. The molecule has 1 aromatic carbocycles. The van der Waals surface area contributed by atoms with E-state index in [1.54, 1.807) is 0 Å². The van der Waals surface area contributed by atoms with Crippen LogP contribution in [0.5, 0.6) is 0 Å². The van der Waals surface area contributed by atoms with Crippen LogP contribution < -0.4 is 14.5 Å². The smallest absolute Gasteiger partial charge is 0.256 e. The normalized spacial score (nSPS) is 20.3. The SMILES string of the molecule is CSNc1ccc(Br)cc1C(=O)N1CCCCC1c1cc2nc(N3CCC3)cc(N3CCOCC3)n2n1. The molecule has 0 aliphatic carbocycles. The van der Waals surface area contributed by atoms with Crippen molar-refractivity contribution in [3.8, 4) is 0 Å². The lowest BCUT2D eigenvalue weighted by atomic mass is 9.98. The van der Waals surface area contributed by atoms with Gasteiger partial charge in [-0.2, -0.15) is 9.61 Å². The highest BCUT2D eigenvalue weighted by molar-refractivity contribution is 9.10. The molecule has 0 saturated carbocycles. The largest absolute Gasteiger partial charge is 0.378 e. The molecule has 1 N–H and O–H groups in total. The molecule has 3 aliphatic heterocycles. The number of rotatable bonds is 6. The lowest BCUT2D eigenvalue weighted by Crippen LogP contribution is -2.40. The third-order valence-electron chi connectivity index (χ3n) is 7.46. The van der Waals surface area contributed by atoms with Crippen molar-refractivity contribution in [1.29, 1.82) is 0 Å². The van der Waals surface area contributed by atoms with E-state index < -0.39 is 0 Å². The number of carbonyl (C=O) groups excluding carboxylic acids is 1. The van der Waals surface area contributed by atoms with Crippen LogP contribution in [0.3, 0.4) is 0 Å².